The molecule has 0 heterocycles. The van der Waals surface area contributed by atoms with E-state index in [2.05, 4.69) is 12.2 Å². The van der Waals surface area contributed by atoms with Gasteiger partial charge in [0.15, 0.2) is 0 Å². The molecule has 15 heavy (non-hydrogen) atoms. The number of rotatable bonds is 12. The van der Waals surface area contributed by atoms with Gasteiger partial charge in [-0.3, -0.25) is 0 Å². The van der Waals surface area contributed by atoms with Crippen LogP contribution in [0.4, 0.5) is 0 Å². The second-order valence-electron chi connectivity index (χ2n) is 4.37. The van der Waals surface area contributed by atoms with Crippen LogP contribution < -0.4 is 11.1 Å². The third-order valence-corrected chi connectivity index (χ3v) is 2.76. The van der Waals surface area contributed by atoms with Crippen molar-refractivity contribution in [3.8, 4) is 0 Å². The highest BCUT2D eigenvalue weighted by molar-refractivity contribution is 4.51. The minimum absolute atomic E-state index is 0.845. The molecule has 0 atom stereocenters. The van der Waals surface area contributed by atoms with Crippen LogP contribution in [0.15, 0.2) is 0 Å². The zero-order valence-corrected chi connectivity index (χ0v) is 10.6. The molecule has 0 radical (unpaired) electrons. The van der Waals surface area contributed by atoms with Crippen LogP contribution in [-0.2, 0) is 0 Å². The van der Waals surface area contributed by atoms with Crippen LogP contribution in [0.25, 0.3) is 0 Å². The summed E-state index contributed by atoms with van der Waals surface area (Å²) in [5.74, 6) is 0. The van der Waals surface area contributed by atoms with Gasteiger partial charge in [0.2, 0.25) is 0 Å². The fourth-order valence-electron chi connectivity index (χ4n) is 1.73. The molecule has 0 saturated heterocycles. The maximum Gasteiger partial charge on any atom is -0.00489 e. The maximum absolute atomic E-state index is 5.43. The largest absolute Gasteiger partial charge is 0.330 e. The Morgan fingerprint density at radius 2 is 1.27 bits per heavy atom. The predicted octanol–water partition coefficient (Wildman–Crippen LogP) is 3.07. The Morgan fingerprint density at radius 3 is 1.87 bits per heavy atom. The van der Waals surface area contributed by atoms with Crippen molar-refractivity contribution in [2.75, 3.05) is 19.6 Å². The number of nitrogens with two attached hydrogens (primary N) is 1. The Labute approximate surface area is 96.0 Å². The lowest BCUT2D eigenvalue weighted by atomic mass is 10.1. The molecular weight excluding hydrogens is 184 g/mol. The van der Waals surface area contributed by atoms with E-state index in [0.717, 1.165) is 6.54 Å². The molecule has 0 unspecified atom stereocenters. The van der Waals surface area contributed by atoms with E-state index < -0.39 is 0 Å². The third-order valence-electron chi connectivity index (χ3n) is 2.76. The summed E-state index contributed by atoms with van der Waals surface area (Å²) in [6, 6.07) is 0. The molecule has 0 rings (SSSR count). The molecule has 2 heteroatoms. The van der Waals surface area contributed by atoms with Crippen LogP contribution in [0.5, 0.6) is 0 Å². The molecule has 92 valence electrons. The van der Waals surface area contributed by atoms with Crippen LogP contribution in [0.3, 0.4) is 0 Å². The van der Waals surface area contributed by atoms with Gasteiger partial charge < -0.3 is 11.1 Å². The van der Waals surface area contributed by atoms with Gasteiger partial charge in [0, 0.05) is 0 Å². The number of hydrogen-bond donors (Lipinski definition) is 2. The first-order valence-corrected chi connectivity index (χ1v) is 6.82. The summed E-state index contributed by atoms with van der Waals surface area (Å²) in [5.41, 5.74) is 5.43. The number of unbranched alkanes of at least 4 members (excludes halogenated alkanes) is 7. The molecular formula is C13H30N2. The van der Waals surface area contributed by atoms with E-state index in [1.807, 2.05) is 0 Å². The van der Waals surface area contributed by atoms with Gasteiger partial charge in [0.1, 0.15) is 0 Å². The monoisotopic (exact) mass is 214 g/mol. The van der Waals surface area contributed by atoms with Crippen LogP contribution in [0, 0.1) is 0 Å². The fraction of sp³-hybridized carbons (Fsp3) is 1.00. The summed E-state index contributed by atoms with van der Waals surface area (Å²) in [6.07, 6.45) is 12.1. The van der Waals surface area contributed by atoms with Gasteiger partial charge in [-0.15, -0.1) is 0 Å². The summed E-state index contributed by atoms with van der Waals surface area (Å²) < 4.78 is 0. The number of nitrogens with one attached hydrogen (secondary N) is 1. The second kappa shape index (κ2) is 13.9. The standard InChI is InChI=1S/C13H30N2/c1-2-3-4-5-6-9-12-15-13-10-7-8-11-14/h15H,2-14H2,1H3. The van der Waals surface area contributed by atoms with Crippen LogP contribution in [0.2, 0.25) is 0 Å². The second-order valence-corrected chi connectivity index (χ2v) is 4.37. The summed E-state index contributed by atoms with van der Waals surface area (Å²) in [5, 5.41) is 3.49. The first-order chi connectivity index (χ1) is 7.41. The minimum Gasteiger partial charge on any atom is -0.330 e. The van der Waals surface area contributed by atoms with Crippen molar-refractivity contribution in [1.82, 2.24) is 5.32 Å². The average Bonchev–Trinajstić information content (AvgIpc) is 2.26. The van der Waals surface area contributed by atoms with Gasteiger partial charge in [-0.2, -0.15) is 0 Å². The Morgan fingerprint density at radius 1 is 0.733 bits per heavy atom. The van der Waals surface area contributed by atoms with Crippen LogP contribution in [0.1, 0.15) is 64.7 Å². The molecule has 0 aromatic carbocycles. The topological polar surface area (TPSA) is 38.0 Å². The summed E-state index contributed by atoms with van der Waals surface area (Å²) in [4.78, 5) is 0. The van der Waals surface area contributed by atoms with Crippen molar-refractivity contribution in [3.05, 3.63) is 0 Å². The molecule has 2 nitrogen and oxygen atoms in total. The van der Waals surface area contributed by atoms with E-state index in [0.29, 0.717) is 0 Å². The molecule has 0 saturated carbocycles. The molecule has 0 spiro atoms. The molecule has 0 aliphatic rings. The SMILES string of the molecule is CCCCCCCCNCCCCCN. The van der Waals surface area contributed by atoms with Gasteiger partial charge in [-0.1, -0.05) is 45.4 Å². The van der Waals surface area contributed by atoms with E-state index in [1.54, 1.807) is 0 Å². The molecule has 0 aromatic rings. The minimum atomic E-state index is 0.845. The van der Waals surface area contributed by atoms with E-state index in [-0.39, 0.29) is 0 Å². The average molecular weight is 214 g/mol. The Hall–Kier alpha value is -0.0800. The van der Waals surface area contributed by atoms with Gasteiger partial charge in [0.05, 0.1) is 0 Å². The highest BCUT2D eigenvalue weighted by atomic mass is 14.8. The Bertz CT molecular complexity index is 92.7. The summed E-state index contributed by atoms with van der Waals surface area (Å²) >= 11 is 0. The Balaban J connectivity index is 2.81. The van der Waals surface area contributed by atoms with Crippen molar-refractivity contribution in [3.63, 3.8) is 0 Å². The molecule has 0 aliphatic heterocycles. The lowest BCUT2D eigenvalue weighted by molar-refractivity contribution is 0.554. The molecule has 0 amide bonds. The van der Waals surface area contributed by atoms with Crippen LogP contribution in [-0.4, -0.2) is 19.6 Å². The predicted molar refractivity (Wildman–Crippen MR) is 69.2 cm³/mol. The van der Waals surface area contributed by atoms with E-state index in [1.165, 1.54) is 70.9 Å². The molecule has 0 fully saturated rings. The van der Waals surface area contributed by atoms with Crippen molar-refractivity contribution in [1.29, 1.82) is 0 Å². The third kappa shape index (κ3) is 13.9. The first-order valence-electron chi connectivity index (χ1n) is 6.82. The molecule has 3 N–H and O–H groups in total. The maximum atomic E-state index is 5.43. The van der Waals surface area contributed by atoms with E-state index >= 15 is 0 Å². The van der Waals surface area contributed by atoms with Gasteiger partial charge >= 0.3 is 0 Å². The zero-order valence-electron chi connectivity index (χ0n) is 10.6. The smallest absolute Gasteiger partial charge is 0.00489 e. The van der Waals surface area contributed by atoms with Crippen molar-refractivity contribution in [2.45, 2.75) is 64.7 Å². The van der Waals surface area contributed by atoms with Crippen molar-refractivity contribution in [2.24, 2.45) is 5.73 Å². The Kier molecular flexibility index (Phi) is 13.8. The lowest BCUT2D eigenvalue weighted by Crippen LogP contribution is -2.16. The number of hydrogen-bond acceptors (Lipinski definition) is 2. The van der Waals surface area contributed by atoms with Crippen molar-refractivity contribution >= 4 is 0 Å². The quantitative estimate of drug-likeness (QED) is 0.490. The molecule has 0 aliphatic carbocycles. The lowest BCUT2D eigenvalue weighted by Gasteiger charge is -2.04. The van der Waals surface area contributed by atoms with Crippen LogP contribution >= 0.6 is 0 Å². The highest BCUT2D eigenvalue weighted by Crippen LogP contribution is 2.04. The van der Waals surface area contributed by atoms with E-state index in [9.17, 15) is 0 Å². The van der Waals surface area contributed by atoms with Gasteiger partial charge in [-0.05, 0) is 38.9 Å². The van der Waals surface area contributed by atoms with E-state index in [4.69, 9.17) is 5.73 Å². The fourth-order valence-corrected chi connectivity index (χ4v) is 1.73. The normalized spacial score (nSPS) is 10.8. The zero-order chi connectivity index (χ0) is 11.2. The van der Waals surface area contributed by atoms with Crippen molar-refractivity contribution < 1.29 is 0 Å². The van der Waals surface area contributed by atoms with Gasteiger partial charge in [0.25, 0.3) is 0 Å². The molecule has 0 bridgehead atoms. The van der Waals surface area contributed by atoms with Gasteiger partial charge in [-0.25, -0.2) is 0 Å². The summed E-state index contributed by atoms with van der Waals surface area (Å²) in [6.45, 7) is 5.49. The molecule has 0 aromatic heterocycles. The first kappa shape index (κ1) is 14.9. The summed E-state index contributed by atoms with van der Waals surface area (Å²) in [7, 11) is 0. The highest BCUT2D eigenvalue weighted by Gasteiger charge is 1.91.